The quantitative estimate of drug-likeness (QED) is 0.494. The van der Waals surface area contributed by atoms with Crippen molar-refractivity contribution in [3.05, 3.63) is 62.2 Å². The highest BCUT2D eigenvalue weighted by Crippen LogP contribution is 2.34. The Morgan fingerprint density at radius 3 is 2.62 bits per heavy atom. The summed E-state index contributed by atoms with van der Waals surface area (Å²) in [5, 5.41) is 26.4. The maximum Gasteiger partial charge on any atom is 0.370 e. The van der Waals surface area contributed by atoms with Crippen LogP contribution in [0.4, 0.5) is 17.1 Å². The van der Waals surface area contributed by atoms with E-state index in [0.29, 0.717) is 6.42 Å². The Hall–Kier alpha value is -3.03. The van der Waals surface area contributed by atoms with E-state index >= 15 is 0 Å². The van der Waals surface area contributed by atoms with Crippen LogP contribution < -0.4 is 5.43 Å². The predicted molar refractivity (Wildman–Crippen MR) is 92.1 cm³/mol. The van der Waals surface area contributed by atoms with Crippen molar-refractivity contribution in [2.75, 3.05) is 5.43 Å². The zero-order valence-corrected chi connectivity index (χ0v) is 13.5. The first-order valence-corrected chi connectivity index (χ1v) is 7.38. The number of anilines is 1. The van der Waals surface area contributed by atoms with Crippen LogP contribution in [-0.4, -0.2) is 15.6 Å². The third-order valence-corrected chi connectivity index (χ3v) is 4.01. The number of allylic oxidation sites excluding steroid dienone is 3. The van der Waals surface area contributed by atoms with E-state index in [1.54, 1.807) is 0 Å². The average molecular weight is 330 g/mol. The molecule has 0 aromatic heterocycles. The molecule has 8 nitrogen and oxygen atoms in total. The molecule has 2 rings (SSSR count). The molecule has 0 spiro atoms. The second kappa shape index (κ2) is 7.03. The number of hydrogen-bond acceptors (Lipinski definition) is 6. The Morgan fingerprint density at radius 2 is 2.04 bits per heavy atom. The first kappa shape index (κ1) is 17.3. The zero-order valence-electron chi connectivity index (χ0n) is 13.5. The number of benzene rings is 1. The molecule has 126 valence electrons. The number of hydrazone groups is 1. The number of nitro benzene ring substituents is 2. The summed E-state index contributed by atoms with van der Waals surface area (Å²) < 4.78 is 0. The molecular weight excluding hydrogens is 312 g/mol. The number of hydrogen-bond donors (Lipinski definition) is 1. The zero-order chi connectivity index (χ0) is 17.9. The van der Waals surface area contributed by atoms with Crippen LogP contribution in [0.25, 0.3) is 0 Å². The fourth-order valence-corrected chi connectivity index (χ4v) is 2.51. The number of nitrogens with zero attached hydrogens (tertiary/aromatic N) is 3. The highest BCUT2D eigenvalue weighted by Gasteiger charge is 2.28. The molecule has 0 bridgehead atoms. The van der Waals surface area contributed by atoms with Gasteiger partial charge in [0, 0.05) is 6.07 Å². The molecule has 1 aromatic rings. The van der Waals surface area contributed by atoms with Gasteiger partial charge in [-0.3, -0.25) is 25.7 Å². The Kier molecular flexibility index (Phi) is 5.08. The van der Waals surface area contributed by atoms with E-state index in [-0.39, 0.29) is 11.6 Å². The van der Waals surface area contributed by atoms with Gasteiger partial charge in [0.05, 0.1) is 15.6 Å². The SMILES string of the molecule is C=C(C)C1CC=C(C)/C(=N/Nc2cccc([N+](=O)[O-])c2[N+](=O)[O-])C1. The third-order valence-electron chi connectivity index (χ3n) is 4.01. The van der Waals surface area contributed by atoms with Crippen LogP contribution in [0.1, 0.15) is 26.7 Å². The number of rotatable bonds is 5. The van der Waals surface area contributed by atoms with Crippen LogP contribution in [0.15, 0.2) is 47.1 Å². The summed E-state index contributed by atoms with van der Waals surface area (Å²) in [6.45, 7) is 7.82. The highest BCUT2D eigenvalue weighted by molar-refractivity contribution is 6.01. The lowest BCUT2D eigenvalue weighted by atomic mass is 9.85. The average Bonchev–Trinajstić information content (AvgIpc) is 2.53. The maximum atomic E-state index is 11.2. The third kappa shape index (κ3) is 3.65. The van der Waals surface area contributed by atoms with E-state index < -0.39 is 21.2 Å². The molecule has 0 amide bonds. The van der Waals surface area contributed by atoms with E-state index in [9.17, 15) is 20.2 Å². The highest BCUT2D eigenvalue weighted by atomic mass is 16.6. The lowest BCUT2D eigenvalue weighted by molar-refractivity contribution is -0.421. The summed E-state index contributed by atoms with van der Waals surface area (Å²) in [5.41, 5.74) is 4.24. The monoisotopic (exact) mass is 330 g/mol. The number of nitrogens with one attached hydrogen (secondary N) is 1. The second-order valence-electron chi connectivity index (χ2n) is 5.73. The molecule has 1 aliphatic rings. The topological polar surface area (TPSA) is 111 Å². The van der Waals surface area contributed by atoms with Gasteiger partial charge in [-0.05, 0) is 44.2 Å². The Bertz CT molecular complexity index is 767. The molecule has 0 radical (unpaired) electrons. The minimum absolute atomic E-state index is 0.00746. The lowest BCUT2D eigenvalue weighted by Gasteiger charge is -2.22. The smallest absolute Gasteiger partial charge is 0.271 e. The van der Waals surface area contributed by atoms with Crippen LogP contribution in [0.5, 0.6) is 0 Å². The molecule has 0 aliphatic heterocycles. The van der Waals surface area contributed by atoms with Crippen molar-refractivity contribution < 1.29 is 9.85 Å². The van der Waals surface area contributed by atoms with Gasteiger partial charge in [-0.2, -0.15) is 5.10 Å². The summed E-state index contributed by atoms with van der Waals surface area (Å²) in [6, 6.07) is 3.88. The predicted octanol–water partition coefficient (Wildman–Crippen LogP) is 4.20. The van der Waals surface area contributed by atoms with E-state index in [1.807, 2.05) is 19.9 Å². The Morgan fingerprint density at radius 1 is 1.33 bits per heavy atom. The first-order chi connectivity index (χ1) is 11.3. The largest absolute Gasteiger partial charge is 0.370 e. The van der Waals surface area contributed by atoms with Gasteiger partial charge < -0.3 is 0 Å². The lowest BCUT2D eigenvalue weighted by Crippen LogP contribution is -2.16. The van der Waals surface area contributed by atoms with Gasteiger partial charge in [-0.1, -0.05) is 24.3 Å². The molecule has 24 heavy (non-hydrogen) atoms. The molecule has 1 aromatic carbocycles. The molecule has 0 saturated heterocycles. The first-order valence-electron chi connectivity index (χ1n) is 7.38. The van der Waals surface area contributed by atoms with Crippen LogP contribution in [0, 0.1) is 26.1 Å². The molecule has 0 heterocycles. The fourth-order valence-electron chi connectivity index (χ4n) is 2.51. The number of nitro groups is 2. The number of para-hydroxylation sites is 1. The summed E-state index contributed by atoms with van der Waals surface area (Å²) in [4.78, 5) is 20.6. The van der Waals surface area contributed by atoms with Crippen molar-refractivity contribution in [3.8, 4) is 0 Å². The van der Waals surface area contributed by atoms with Crippen molar-refractivity contribution in [1.29, 1.82) is 0 Å². The van der Waals surface area contributed by atoms with Gasteiger partial charge >= 0.3 is 11.4 Å². The molecule has 0 saturated carbocycles. The van der Waals surface area contributed by atoms with Gasteiger partial charge in [0.15, 0.2) is 0 Å². The molecule has 1 atom stereocenters. The summed E-state index contributed by atoms with van der Waals surface area (Å²) in [6.07, 6.45) is 3.61. The summed E-state index contributed by atoms with van der Waals surface area (Å²) in [7, 11) is 0. The van der Waals surface area contributed by atoms with E-state index in [0.717, 1.165) is 29.3 Å². The molecule has 1 unspecified atom stereocenters. The normalized spacial score (nSPS) is 18.8. The van der Waals surface area contributed by atoms with E-state index in [2.05, 4.69) is 17.1 Å². The van der Waals surface area contributed by atoms with Gasteiger partial charge in [-0.15, -0.1) is 0 Å². The Balaban J connectivity index is 2.35. The van der Waals surface area contributed by atoms with Crippen molar-refractivity contribution in [3.63, 3.8) is 0 Å². The van der Waals surface area contributed by atoms with Crippen LogP contribution >= 0.6 is 0 Å². The van der Waals surface area contributed by atoms with E-state index in [1.165, 1.54) is 12.1 Å². The van der Waals surface area contributed by atoms with Crippen LogP contribution in [-0.2, 0) is 0 Å². The van der Waals surface area contributed by atoms with Gasteiger partial charge in [0.2, 0.25) is 0 Å². The minimum Gasteiger partial charge on any atom is -0.271 e. The van der Waals surface area contributed by atoms with E-state index in [4.69, 9.17) is 0 Å². The van der Waals surface area contributed by atoms with Crippen LogP contribution in [0.3, 0.4) is 0 Å². The van der Waals surface area contributed by atoms with Crippen LogP contribution in [0.2, 0.25) is 0 Å². The van der Waals surface area contributed by atoms with Crippen molar-refractivity contribution in [2.24, 2.45) is 11.0 Å². The molecule has 1 N–H and O–H groups in total. The summed E-state index contributed by atoms with van der Waals surface area (Å²) in [5.74, 6) is 0.273. The van der Waals surface area contributed by atoms with Crippen molar-refractivity contribution in [1.82, 2.24) is 0 Å². The second-order valence-corrected chi connectivity index (χ2v) is 5.73. The standard InChI is InChI=1S/C16H18N4O4/c1-10(2)12-8-7-11(3)14(9-12)18-17-13-5-4-6-15(19(21)22)16(13)20(23)24/h4-7,12,17H,1,8-9H2,2-3H3/b18-14+. The molecule has 1 aliphatic carbocycles. The molecule has 8 heteroatoms. The Labute approximate surface area is 138 Å². The van der Waals surface area contributed by atoms with Gasteiger partial charge in [-0.25, -0.2) is 0 Å². The fraction of sp³-hybridized carbons (Fsp3) is 0.312. The van der Waals surface area contributed by atoms with Gasteiger partial charge in [0.1, 0.15) is 5.69 Å². The maximum absolute atomic E-state index is 11.2. The van der Waals surface area contributed by atoms with Crippen molar-refractivity contribution >= 4 is 22.8 Å². The molecule has 0 fully saturated rings. The molecular formula is C16H18N4O4. The van der Waals surface area contributed by atoms with Gasteiger partial charge in [0.25, 0.3) is 0 Å². The minimum atomic E-state index is -0.778. The summed E-state index contributed by atoms with van der Waals surface area (Å²) >= 11 is 0. The van der Waals surface area contributed by atoms with Crippen molar-refractivity contribution in [2.45, 2.75) is 26.7 Å².